The number of fused-ring (bicyclic) bond motifs is 1. The van der Waals surface area contributed by atoms with Crippen LogP contribution in [0.3, 0.4) is 0 Å². The average Bonchev–Trinajstić information content (AvgIpc) is 2.91. The van der Waals surface area contributed by atoms with Crippen LogP contribution < -0.4 is 5.56 Å². The molecule has 1 atom stereocenters. The quantitative estimate of drug-likeness (QED) is 0.711. The van der Waals surface area contributed by atoms with Crippen LogP contribution in [-0.4, -0.2) is 46.3 Å². The maximum absolute atomic E-state index is 12.1. The predicted molar refractivity (Wildman–Crippen MR) is 95.5 cm³/mol. The van der Waals surface area contributed by atoms with Crippen LogP contribution in [-0.2, 0) is 26.0 Å². The summed E-state index contributed by atoms with van der Waals surface area (Å²) >= 11 is 1.30. The highest BCUT2D eigenvalue weighted by atomic mass is 32.2. The Bertz CT molecular complexity index is 968. The molecule has 0 aliphatic carbocycles. The van der Waals surface area contributed by atoms with Gasteiger partial charge in [0, 0.05) is 17.5 Å². The average molecular weight is 382 g/mol. The smallest absolute Gasteiger partial charge is 0.316 e. The van der Waals surface area contributed by atoms with Gasteiger partial charge in [-0.1, -0.05) is 6.07 Å². The molecule has 0 amide bonds. The van der Waals surface area contributed by atoms with Gasteiger partial charge < -0.3 is 4.74 Å². The first-order valence-electron chi connectivity index (χ1n) is 7.80. The molecule has 0 bridgehead atoms. The molecule has 25 heavy (non-hydrogen) atoms. The molecule has 1 aliphatic rings. The van der Waals surface area contributed by atoms with Crippen LogP contribution in [0.5, 0.6) is 0 Å². The molecule has 1 aliphatic heterocycles. The molecular formula is C16H18N2O5S2. The second-order valence-corrected chi connectivity index (χ2v) is 9.48. The van der Waals surface area contributed by atoms with E-state index in [1.165, 1.54) is 22.2 Å². The van der Waals surface area contributed by atoms with E-state index < -0.39 is 15.8 Å². The van der Waals surface area contributed by atoms with Gasteiger partial charge in [0.05, 0.1) is 23.0 Å². The number of nitrogens with zero attached hydrogens (tertiary/aromatic N) is 2. The molecule has 2 aromatic rings. The second kappa shape index (κ2) is 7.17. The number of aromatic nitrogens is 2. The van der Waals surface area contributed by atoms with Gasteiger partial charge in [-0.3, -0.25) is 14.0 Å². The summed E-state index contributed by atoms with van der Waals surface area (Å²) < 4.78 is 29.4. The SMILES string of the molecule is Cc1cccn2c(=O)cc(COC(=O)CS[C@H]3CCS(=O)(=O)C3)nc12. The summed E-state index contributed by atoms with van der Waals surface area (Å²) in [4.78, 5) is 28.3. The molecule has 0 saturated carbocycles. The van der Waals surface area contributed by atoms with Crippen molar-refractivity contribution in [1.29, 1.82) is 0 Å². The van der Waals surface area contributed by atoms with E-state index in [9.17, 15) is 18.0 Å². The zero-order valence-electron chi connectivity index (χ0n) is 13.7. The largest absolute Gasteiger partial charge is 0.459 e. The highest BCUT2D eigenvalue weighted by Gasteiger charge is 2.28. The van der Waals surface area contributed by atoms with Crippen molar-refractivity contribution in [3.63, 3.8) is 0 Å². The molecule has 3 heterocycles. The van der Waals surface area contributed by atoms with Crippen LogP contribution in [0.4, 0.5) is 0 Å². The summed E-state index contributed by atoms with van der Waals surface area (Å²) in [5.74, 6) is -0.0516. The number of hydrogen-bond acceptors (Lipinski definition) is 7. The third-order valence-electron chi connectivity index (χ3n) is 3.95. The summed E-state index contributed by atoms with van der Waals surface area (Å²) in [6.45, 7) is 1.77. The number of sulfone groups is 1. The number of esters is 1. The Kier molecular flexibility index (Phi) is 5.14. The first kappa shape index (κ1) is 17.9. The van der Waals surface area contributed by atoms with Gasteiger partial charge in [-0.05, 0) is 25.0 Å². The van der Waals surface area contributed by atoms with Crippen molar-refractivity contribution in [2.45, 2.75) is 25.2 Å². The highest BCUT2D eigenvalue weighted by Crippen LogP contribution is 2.24. The zero-order valence-corrected chi connectivity index (χ0v) is 15.3. The Labute approximate surface area is 149 Å². The molecule has 0 spiro atoms. The molecular weight excluding hydrogens is 364 g/mol. The maximum Gasteiger partial charge on any atom is 0.316 e. The Morgan fingerprint density at radius 3 is 3.00 bits per heavy atom. The molecule has 0 unspecified atom stereocenters. The first-order valence-corrected chi connectivity index (χ1v) is 10.7. The van der Waals surface area contributed by atoms with E-state index in [-0.39, 0.29) is 34.7 Å². The molecule has 1 saturated heterocycles. The Balaban J connectivity index is 1.58. The number of aryl methyl sites for hydroxylation is 1. The van der Waals surface area contributed by atoms with E-state index in [0.29, 0.717) is 17.8 Å². The molecule has 2 aromatic heterocycles. The summed E-state index contributed by atoms with van der Waals surface area (Å²) in [7, 11) is -2.95. The van der Waals surface area contributed by atoms with Gasteiger partial charge in [0.25, 0.3) is 5.56 Å². The van der Waals surface area contributed by atoms with Gasteiger partial charge in [0.15, 0.2) is 9.84 Å². The summed E-state index contributed by atoms with van der Waals surface area (Å²) in [5, 5.41) is -0.0522. The zero-order chi connectivity index (χ0) is 18.0. The Morgan fingerprint density at radius 1 is 1.48 bits per heavy atom. The summed E-state index contributed by atoms with van der Waals surface area (Å²) in [5.41, 5.74) is 1.55. The molecule has 9 heteroatoms. The Hall–Kier alpha value is -1.87. The number of carbonyl (C=O) groups excluding carboxylic acids is 1. The molecule has 7 nitrogen and oxygen atoms in total. The minimum atomic E-state index is -2.95. The van der Waals surface area contributed by atoms with Gasteiger partial charge in [-0.2, -0.15) is 0 Å². The van der Waals surface area contributed by atoms with Crippen LogP contribution in [0.15, 0.2) is 29.2 Å². The van der Waals surface area contributed by atoms with Gasteiger partial charge >= 0.3 is 5.97 Å². The molecule has 3 rings (SSSR count). The van der Waals surface area contributed by atoms with E-state index in [2.05, 4.69) is 4.98 Å². The summed E-state index contributed by atoms with van der Waals surface area (Å²) in [6.07, 6.45) is 2.21. The lowest BCUT2D eigenvalue weighted by Crippen LogP contribution is -2.18. The van der Waals surface area contributed by atoms with Gasteiger partial charge in [0.1, 0.15) is 12.3 Å². The van der Waals surface area contributed by atoms with Crippen molar-refractivity contribution in [2.75, 3.05) is 17.3 Å². The van der Waals surface area contributed by atoms with Gasteiger partial charge in [-0.15, -0.1) is 11.8 Å². The number of thioether (sulfide) groups is 1. The number of hydrogen-bond donors (Lipinski definition) is 0. The number of pyridine rings is 1. The van der Waals surface area contributed by atoms with Crippen molar-refractivity contribution in [3.8, 4) is 0 Å². The van der Waals surface area contributed by atoms with Crippen LogP contribution in [0.1, 0.15) is 17.7 Å². The van der Waals surface area contributed by atoms with Gasteiger partial charge in [0.2, 0.25) is 0 Å². The van der Waals surface area contributed by atoms with E-state index in [0.717, 1.165) is 5.56 Å². The van der Waals surface area contributed by atoms with Crippen molar-refractivity contribution in [3.05, 3.63) is 46.0 Å². The number of carbonyl (C=O) groups is 1. The fourth-order valence-electron chi connectivity index (χ4n) is 2.66. The van der Waals surface area contributed by atoms with Crippen LogP contribution in [0, 0.1) is 6.92 Å². The lowest BCUT2D eigenvalue weighted by atomic mass is 10.3. The third kappa shape index (κ3) is 4.40. The van der Waals surface area contributed by atoms with E-state index in [1.807, 2.05) is 13.0 Å². The van der Waals surface area contributed by atoms with E-state index >= 15 is 0 Å². The molecule has 0 N–H and O–H groups in total. The molecule has 1 fully saturated rings. The number of rotatable bonds is 5. The third-order valence-corrected chi connectivity index (χ3v) is 7.20. The normalized spacial score (nSPS) is 19.2. The van der Waals surface area contributed by atoms with Crippen LogP contribution >= 0.6 is 11.8 Å². The van der Waals surface area contributed by atoms with Crippen LogP contribution in [0.25, 0.3) is 5.65 Å². The van der Waals surface area contributed by atoms with Crippen molar-refractivity contribution in [2.24, 2.45) is 0 Å². The standard InChI is InChI=1S/C16H18N2O5S2/c1-11-3-2-5-18-14(19)7-12(17-16(11)18)8-23-15(20)9-24-13-4-6-25(21,22)10-13/h2-3,5,7,13H,4,6,8-10H2,1H3/t13-/m0/s1. The lowest BCUT2D eigenvalue weighted by Gasteiger charge is -2.09. The molecule has 0 radical (unpaired) electrons. The summed E-state index contributed by atoms with van der Waals surface area (Å²) in [6, 6.07) is 4.96. The van der Waals surface area contributed by atoms with Crippen molar-refractivity contribution in [1.82, 2.24) is 9.38 Å². The fraction of sp³-hybridized carbons (Fsp3) is 0.438. The lowest BCUT2D eigenvalue weighted by molar-refractivity contribution is -0.141. The van der Waals surface area contributed by atoms with E-state index in [4.69, 9.17) is 4.74 Å². The van der Waals surface area contributed by atoms with E-state index in [1.54, 1.807) is 12.3 Å². The topological polar surface area (TPSA) is 94.8 Å². The fourth-order valence-corrected chi connectivity index (χ4v) is 6.10. The second-order valence-electron chi connectivity index (χ2n) is 5.97. The maximum atomic E-state index is 12.1. The van der Waals surface area contributed by atoms with Crippen molar-refractivity contribution < 1.29 is 17.9 Å². The first-order chi connectivity index (χ1) is 11.8. The minimum Gasteiger partial charge on any atom is -0.459 e. The van der Waals surface area contributed by atoms with Crippen LogP contribution in [0.2, 0.25) is 0 Å². The highest BCUT2D eigenvalue weighted by molar-refractivity contribution is 8.02. The Morgan fingerprint density at radius 2 is 2.28 bits per heavy atom. The van der Waals surface area contributed by atoms with Gasteiger partial charge in [-0.25, -0.2) is 13.4 Å². The monoisotopic (exact) mass is 382 g/mol. The van der Waals surface area contributed by atoms with Crippen molar-refractivity contribution >= 4 is 33.2 Å². The number of ether oxygens (including phenoxy) is 1. The minimum absolute atomic E-state index is 0.0522. The molecule has 134 valence electrons. The molecule has 0 aromatic carbocycles. The predicted octanol–water partition coefficient (Wildman–Crippen LogP) is 0.966.